The van der Waals surface area contributed by atoms with Crippen molar-refractivity contribution in [3.63, 3.8) is 0 Å². The first-order valence-corrected chi connectivity index (χ1v) is 6.89. The Morgan fingerprint density at radius 2 is 1.91 bits per heavy atom. The SMILES string of the molecule is COCc1cccc(C(=O)OCC(=O)Nc2cccc(F)c2)c1. The lowest BCUT2D eigenvalue weighted by Crippen LogP contribution is -2.21. The number of amides is 1. The molecular weight excluding hydrogens is 301 g/mol. The highest BCUT2D eigenvalue weighted by atomic mass is 19.1. The maximum Gasteiger partial charge on any atom is 0.338 e. The Hall–Kier alpha value is -2.73. The van der Waals surface area contributed by atoms with Crippen molar-refractivity contribution >= 4 is 17.6 Å². The summed E-state index contributed by atoms with van der Waals surface area (Å²) in [4.78, 5) is 23.6. The average molecular weight is 317 g/mol. The number of hydrogen-bond acceptors (Lipinski definition) is 4. The Balaban J connectivity index is 1.88. The minimum absolute atomic E-state index is 0.299. The number of halogens is 1. The molecule has 0 unspecified atom stereocenters. The van der Waals surface area contributed by atoms with Crippen molar-refractivity contribution in [2.75, 3.05) is 19.0 Å². The molecule has 0 spiro atoms. The van der Waals surface area contributed by atoms with Crippen LogP contribution in [0, 0.1) is 5.82 Å². The summed E-state index contributed by atoms with van der Waals surface area (Å²) in [5.41, 5.74) is 1.46. The molecule has 0 aliphatic heterocycles. The zero-order valence-electron chi connectivity index (χ0n) is 12.5. The van der Waals surface area contributed by atoms with Gasteiger partial charge in [-0.05, 0) is 35.9 Å². The smallest absolute Gasteiger partial charge is 0.338 e. The van der Waals surface area contributed by atoms with E-state index in [1.165, 1.54) is 24.3 Å². The fraction of sp³-hybridized carbons (Fsp3) is 0.176. The highest BCUT2D eigenvalue weighted by Crippen LogP contribution is 2.10. The van der Waals surface area contributed by atoms with Gasteiger partial charge in [-0.2, -0.15) is 0 Å². The molecular formula is C17H16FNO4. The maximum atomic E-state index is 13.0. The summed E-state index contributed by atoms with van der Waals surface area (Å²) in [7, 11) is 1.56. The molecule has 0 atom stereocenters. The summed E-state index contributed by atoms with van der Waals surface area (Å²) >= 11 is 0. The number of rotatable bonds is 6. The third-order valence-corrected chi connectivity index (χ3v) is 2.92. The van der Waals surface area contributed by atoms with Crippen LogP contribution in [0.4, 0.5) is 10.1 Å². The van der Waals surface area contributed by atoms with Gasteiger partial charge in [-0.1, -0.05) is 18.2 Å². The summed E-state index contributed by atoms with van der Waals surface area (Å²) in [5, 5.41) is 2.45. The molecule has 2 aromatic rings. The van der Waals surface area contributed by atoms with Crippen LogP contribution in [0.5, 0.6) is 0 Å². The van der Waals surface area contributed by atoms with Gasteiger partial charge in [-0.15, -0.1) is 0 Å². The monoisotopic (exact) mass is 317 g/mol. The topological polar surface area (TPSA) is 64.6 Å². The first-order chi connectivity index (χ1) is 11.1. The maximum absolute atomic E-state index is 13.0. The van der Waals surface area contributed by atoms with Crippen LogP contribution < -0.4 is 5.32 Å². The van der Waals surface area contributed by atoms with Gasteiger partial charge in [0.05, 0.1) is 12.2 Å². The van der Waals surface area contributed by atoms with Crippen molar-refractivity contribution in [1.29, 1.82) is 0 Å². The molecule has 0 bridgehead atoms. The lowest BCUT2D eigenvalue weighted by molar-refractivity contribution is -0.119. The molecule has 0 fully saturated rings. The number of carbonyl (C=O) groups is 2. The Morgan fingerprint density at radius 3 is 2.65 bits per heavy atom. The number of ether oxygens (including phenoxy) is 2. The van der Waals surface area contributed by atoms with E-state index in [0.717, 1.165) is 5.56 Å². The number of hydrogen-bond donors (Lipinski definition) is 1. The van der Waals surface area contributed by atoms with Gasteiger partial charge in [-0.3, -0.25) is 4.79 Å². The minimum atomic E-state index is -0.614. The van der Waals surface area contributed by atoms with Crippen LogP contribution in [0.1, 0.15) is 15.9 Å². The van der Waals surface area contributed by atoms with E-state index in [-0.39, 0.29) is 0 Å². The van der Waals surface area contributed by atoms with Crippen molar-refractivity contribution in [2.24, 2.45) is 0 Å². The second-order valence-electron chi connectivity index (χ2n) is 4.77. The van der Waals surface area contributed by atoms with E-state index in [1.807, 2.05) is 6.07 Å². The summed E-state index contributed by atoms with van der Waals surface area (Å²) < 4.78 is 22.9. The predicted molar refractivity (Wildman–Crippen MR) is 82.5 cm³/mol. The first-order valence-electron chi connectivity index (χ1n) is 6.89. The lowest BCUT2D eigenvalue weighted by atomic mass is 10.1. The summed E-state index contributed by atoms with van der Waals surface area (Å²) in [5.74, 6) is -1.62. The third kappa shape index (κ3) is 5.19. The van der Waals surface area contributed by atoms with E-state index in [9.17, 15) is 14.0 Å². The zero-order chi connectivity index (χ0) is 16.7. The number of carbonyl (C=O) groups excluding carboxylic acids is 2. The number of nitrogens with one attached hydrogen (secondary N) is 1. The molecule has 0 aliphatic carbocycles. The third-order valence-electron chi connectivity index (χ3n) is 2.92. The highest BCUT2D eigenvalue weighted by molar-refractivity contribution is 5.95. The number of esters is 1. The molecule has 0 aliphatic rings. The van der Waals surface area contributed by atoms with Gasteiger partial charge < -0.3 is 14.8 Å². The van der Waals surface area contributed by atoms with Crippen LogP contribution in [-0.4, -0.2) is 25.6 Å². The van der Waals surface area contributed by atoms with Gasteiger partial charge >= 0.3 is 5.97 Å². The standard InChI is InChI=1S/C17H16FNO4/c1-22-10-12-4-2-5-13(8-12)17(21)23-11-16(20)19-15-7-3-6-14(18)9-15/h2-9H,10-11H2,1H3,(H,19,20). The van der Waals surface area contributed by atoms with Crippen LogP contribution in [0.15, 0.2) is 48.5 Å². The second kappa shape index (κ2) is 8.05. The van der Waals surface area contributed by atoms with Gasteiger partial charge in [-0.25, -0.2) is 9.18 Å². The van der Waals surface area contributed by atoms with E-state index in [0.29, 0.717) is 17.9 Å². The van der Waals surface area contributed by atoms with Crippen molar-refractivity contribution in [3.8, 4) is 0 Å². The molecule has 0 radical (unpaired) electrons. The second-order valence-corrected chi connectivity index (χ2v) is 4.77. The molecule has 1 amide bonds. The normalized spacial score (nSPS) is 10.2. The lowest BCUT2D eigenvalue weighted by Gasteiger charge is -2.07. The van der Waals surface area contributed by atoms with E-state index >= 15 is 0 Å². The van der Waals surface area contributed by atoms with E-state index < -0.39 is 24.3 Å². The van der Waals surface area contributed by atoms with Gasteiger partial charge in [0.2, 0.25) is 0 Å². The summed E-state index contributed by atoms with van der Waals surface area (Å²) in [6.45, 7) is -0.0783. The van der Waals surface area contributed by atoms with E-state index in [1.54, 1.807) is 25.3 Å². The molecule has 1 N–H and O–H groups in total. The summed E-state index contributed by atoms with van der Waals surface area (Å²) in [6.07, 6.45) is 0. The Bertz CT molecular complexity index is 702. The Labute approximate surface area is 133 Å². The number of anilines is 1. The minimum Gasteiger partial charge on any atom is -0.452 e. The molecule has 0 saturated heterocycles. The van der Waals surface area contributed by atoms with Crippen molar-refractivity contribution < 1.29 is 23.5 Å². The van der Waals surface area contributed by atoms with Crippen LogP contribution in [0.3, 0.4) is 0 Å². The van der Waals surface area contributed by atoms with Gasteiger partial charge in [0, 0.05) is 12.8 Å². The molecule has 0 saturated carbocycles. The van der Waals surface area contributed by atoms with Crippen molar-refractivity contribution in [2.45, 2.75) is 6.61 Å². The zero-order valence-corrected chi connectivity index (χ0v) is 12.5. The van der Waals surface area contributed by atoms with Crippen molar-refractivity contribution in [3.05, 3.63) is 65.5 Å². The molecule has 0 heterocycles. The van der Waals surface area contributed by atoms with Crippen LogP contribution in [0.2, 0.25) is 0 Å². The Morgan fingerprint density at radius 1 is 1.13 bits per heavy atom. The van der Waals surface area contributed by atoms with Gasteiger partial charge in [0.15, 0.2) is 6.61 Å². The highest BCUT2D eigenvalue weighted by Gasteiger charge is 2.11. The first kappa shape index (κ1) is 16.6. The van der Waals surface area contributed by atoms with Crippen LogP contribution >= 0.6 is 0 Å². The van der Waals surface area contributed by atoms with Crippen molar-refractivity contribution in [1.82, 2.24) is 0 Å². The summed E-state index contributed by atoms with van der Waals surface area (Å²) in [6, 6.07) is 12.2. The molecule has 6 heteroatoms. The molecule has 5 nitrogen and oxygen atoms in total. The van der Waals surface area contributed by atoms with Crippen LogP contribution in [0.25, 0.3) is 0 Å². The Kier molecular flexibility index (Phi) is 5.82. The molecule has 2 rings (SSSR count). The molecule has 2 aromatic carbocycles. The number of methoxy groups -OCH3 is 1. The van der Waals surface area contributed by atoms with Crippen LogP contribution in [-0.2, 0) is 20.9 Å². The molecule has 0 aromatic heterocycles. The van der Waals surface area contributed by atoms with E-state index in [4.69, 9.17) is 9.47 Å². The molecule has 23 heavy (non-hydrogen) atoms. The molecule has 120 valence electrons. The predicted octanol–water partition coefficient (Wildman–Crippen LogP) is 2.77. The van der Waals surface area contributed by atoms with Gasteiger partial charge in [0.1, 0.15) is 5.82 Å². The quantitative estimate of drug-likeness (QED) is 0.832. The van der Waals surface area contributed by atoms with E-state index in [2.05, 4.69) is 5.32 Å². The fourth-order valence-electron chi connectivity index (χ4n) is 1.93. The number of benzene rings is 2. The van der Waals surface area contributed by atoms with Gasteiger partial charge in [0.25, 0.3) is 5.91 Å². The fourth-order valence-corrected chi connectivity index (χ4v) is 1.93. The largest absolute Gasteiger partial charge is 0.452 e. The average Bonchev–Trinajstić information content (AvgIpc) is 2.53.